The zero-order valence-corrected chi connectivity index (χ0v) is 11.4. The first-order valence-corrected chi connectivity index (χ1v) is 7.35. The van der Waals surface area contributed by atoms with E-state index in [-0.39, 0.29) is 11.8 Å². The largest absolute Gasteiger partial charge is 0.326 e. The Morgan fingerprint density at radius 3 is 3.06 bits per heavy atom. The molecule has 0 aliphatic carbocycles. The molecule has 1 aliphatic heterocycles. The average molecular weight is 270 g/mol. The van der Waals surface area contributed by atoms with Crippen LogP contribution in [-0.2, 0) is 4.79 Å². The molecule has 1 N–H and O–H groups in total. The lowest BCUT2D eigenvalue weighted by Gasteiger charge is -2.21. The number of carbonyl (C=O) groups excluding carboxylic acids is 1. The lowest BCUT2D eigenvalue weighted by Crippen LogP contribution is -2.27. The quantitative estimate of drug-likeness (QED) is 0.886. The summed E-state index contributed by atoms with van der Waals surface area (Å²) in [5.41, 5.74) is 1.77. The fourth-order valence-corrected chi connectivity index (χ4v) is 3.24. The predicted molar refractivity (Wildman–Crippen MR) is 74.9 cm³/mol. The topological polar surface area (TPSA) is 29.1 Å². The van der Waals surface area contributed by atoms with Crippen LogP contribution in [0.15, 0.2) is 18.2 Å². The van der Waals surface area contributed by atoms with E-state index in [4.69, 9.17) is 11.6 Å². The van der Waals surface area contributed by atoms with Crippen molar-refractivity contribution in [2.75, 3.05) is 16.8 Å². The van der Waals surface area contributed by atoms with Crippen LogP contribution in [0.5, 0.6) is 0 Å². The van der Waals surface area contributed by atoms with Gasteiger partial charge in [0.15, 0.2) is 0 Å². The van der Waals surface area contributed by atoms with Gasteiger partial charge in [-0.2, -0.15) is 11.8 Å². The summed E-state index contributed by atoms with van der Waals surface area (Å²) in [4.78, 5) is 12.1. The van der Waals surface area contributed by atoms with Crippen LogP contribution in [0.4, 0.5) is 5.69 Å². The van der Waals surface area contributed by atoms with E-state index in [9.17, 15) is 4.79 Å². The second kappa shape index (κ2) is 5.78. The van der Waals surface area contributed by atoms with E-state index in [2.05, 4.69) is 5.32 Å². The standard InChI is InChI=1S/C13H16ClNOS/c1-9-11(14)5-2-6-12(9)15-13(16)10-4-3-7-17-8-10/h2,5-6,10H,3-4,7-8H2,1H3,(H,15,16). The molecule has 1 amide bonds. The molecule has 1 aliphatic rings. The molecule has 1 aromatic rings. The van der Waals surface area contributed by atoms with Crippen molar-refractivity contribution in [1.29, 1.82) is 0 Å². The second-order valence-corrected chi connectivity index (χ2v) is 5.87. The van der Waals surface area contributed by atoms with E-state index < -0.39 is 0 Å². The molecular formula is C13H16ClNOS. The summed E-state index contributed by atoms with van der Waals surface area (Å²) in [7, 11) is 0. The average Bonchev–Trinajstić information content (AvgIpc) is 2.36. The monoisotopic (exact) mass is 269 g/mol. The van der Waals surface area contributed by atoms with Gasteiger partial charge in [0.25, 0.3) is 0 Å². The summed E-state index contributed by atoms with van der Waals surface area (Å²) >= 11 is 7.89. The van der Waals surface area contributed by atoms with E-state index in [1.165, 1.54) is 5.75 Å². The predicted octanol–water partition coefficient (Wildman–Crippen LogP) is 3.73. The molecule has 1 fully saturated rings. The summed E-state index contributed by atoms with van der Waals surface area (Å²) in [5.74, 6) is 2.39. The smallest absolute Gasteiger partial charge is 0.228 e. The summed E-state index contributed by atoms with van der Waals surface area (Å²) in [6.45, 7) is 1.92. The zero-order valence-electron chi connectivity index (χ0n) is 9.83. The van der Waals surface area contributed by atoms with Crippen LogP contribution in [0.25, 0.3) is 0 Å². The Balaban J connectivity index is 2.04. The Hall–Kier alpha value is -0.670. The third-order valence-electron chi connectivity index (χ3n) is 3.06. The summed E-state index contributed by atoms with van der Waals surface area (Å²) in [6.07, 6.45) is 2.13. The number of halogens is 1. The van der Waals surface area contributed by atoms with Crippen molar-refractivity contribution >= 4 is 35.0 Å². The van der Waals surface area contributed by atoms with Gasteiger partial charge in [-0.15, -0.1) is 0 Å². The van der Waals surface area contributed by atoms with Crippen molar-refractivity contribution < 1.29 is 4.79 Å². The van der Waals surface area contributed by atoms with Crippen LogP contribution in [0.1, 0.15) is 18.4 Å². The van der Waals surface area contributed by atoms with Crippen molar-refractivity contribution in [3.8, 4) is 0 Å². The number of rotatable bonds is 2. The Morgan fingerprint density at radius 1 is 1.53 bits per heavy atom. The molecule has 17 heavy (non-hydrogen) atoms. The fourth-order valence-electron chi connectivity index (χ4n) is 1.93. The van der Waals surface area contributed by atoms with Gasteiger partial charge in [-0.25, -0.2) is 0 Å². The summed E-state index contributed by atoms with van der Waals surface area (Å²) in [5, 5.41) is 3.68. The molecule has 1 atom stereocenters. The molecule has 1 saturated heterocycles. The second-order valence-electron chi connectivity index (χ2n) is 4.32. The number of thioether (sulfide) groups is 1. The van der Waals surface area contributed by atoms with Gasteiger partial charge >= 0.3 is 0 Å². The van der Waals surface area contributed by atoms with Crippen LogP contribution in [-0.4, -0.2) is 17.4 Å². The first kappa shape index (κ1) is 12.8. The maximum absolute atomic E-state index is 12.1. The number of nitrogens with one attached hydrogen (secondary N) is 1. The van der Waals surface area contributed by atoms with Gasteiger partial charge in [-0.1, -0.05) is 17.7 Å². The highest BCUT2D eigenvalue weighted by Crippen LogP contribution is 2.26. The van der Waals surface area contributed by atoms with E-state index in [0.29, 0.717) is 5.02 Å². The molecular weight excluding hydrogens is 254 g/mol. The molecule has 0 bridgehead atoms. The maximum atomic E-state index is 12.1. The highest BCUT2D eigenvalue weighted by atomic mass is 35.5. The number of amides is 1. The van der Waals surface area contributed by atoms with Crippen LogP contribution < -0.4 is 5.32 Å². The first-order chi connectivity index (χ1) is 8.18. The highest BCUT2D eigenvalue weighted by molar-refractivity contribution is 7.99. The number of carbonyl (C=O) groups is 1. The Morgan fingerprint density at radius 2 is 2.35 bits per heavy atom. The molecule has 1 aromatic carbocycles. The lowest BCUT2D eigenvalue weighted by atomic mass is 10.0. The van der Waals surface area contributed by atoms with Crippen molar-refractivity contribution in [3.05, 3.63) is 28.8 Å². The van der Waals surface area contributed by atoms with Gasteiger partial charge in [0.05, 0.1) is 0 Å². The van der Waals surface area contributed by atoms with E-state index in [1.807, 2.05) is 36.9 Å². The maximum Gasteiger partial charge on any atom is 0.228 e. The van der Waals surface area contributed by atoms with Gasteiger partial charge < -0.3 is 5.32 Å². The van der Waals surface area contributed by atoms with Gasteiger partial charge in [0, 0.05) is 22.4 Å². The minimum atomic E-state index is 0.127. The summed E-state index contributed by atoms with van der Waals surface area (Å²) in [6, 6.07) is 5.60. The molecule has 1 unspecified atom stereocenters. The molecule has 0 radical (unpaired) electrons. The molecule has 1 heterocycles. The first-order valence-electron chi connectivity index (χ1n) is 5.82. The van der Waals surface area contributed by atoms with E-state index >= 15 is 0 Å². The minimum absolute atomic E-state index is 0.127. The van der Waals surface area contributed by atoms with Crippen LogP contribution in [0, 0.1) is 12.8 Å². The van der Waals surface area contributed by atoms with Gasteiger partial charge in [-0.05, 0) is 43.2 Å². The highest BCUT2D eigenvalue weighted by Gasteiger charge is 2.21. The summed E-state index contributed by atoms with van der Waals surface area (Å²) < 4.78 is 0. The molecule has 2 rings (SSSR count). The normalized spacial score (nSPS) is 20.0. The van der Waals surface area contributed by atoms with Gasteiger partial charge in [0.1, 0.15) is 0 Å². The van der Waals surface area contributed by atoms with E-state index in [1.54, 1.807) is 0 Å². The van der Waals surface area contributed by atoms with Crippen molar-refractivity contribution in [1.82, 2.24) is 0 Å². The molecule has 0 saturated carbocycles. The van der Waals surface area contributed by atoms with Crippen LogP contribution in [0.2, 0.25) is 5.02 Å². The van der Waals surface area contributed by atoms with Crippen LogP contribution in [0.3, 0.4) is 0 Å². The van der Waals surface area contributed by atoms with Crippen molar-refractivity contribution in [3.63, 3.8) is 0 Å². The minimum Gasteiger partial charge on any atom is -0.326 e. The zero-order chi connectivity index (χ0) is 12.3. The van der Waals surface area contributed by atoms with Gasteiger partial charge in [0.2, 0.25) is 5.91 Å². The molecule has 92 valence electrons. The van der Waals surface area contributed by atoms with Gasteiger partial charge in [-0.3, -0.25) is 4.79 Å². The Kier molecular flexibility index (Phi) is 4.35. The third-order valence-corrected chi connectivity index (χ3v) is 4.68. The molecule has 2 nitrogen and oxygen atoms in total. The van der Waals surface area contributed by atoms with Crippen molar-refractivity contribution in [2.45, 2.75) is 19.8 Å². The number of anilines is 1. The Labute approximate surface area is 111 Å². The fraction of sp³-hybridized carbons (Fsp3) is 0.462. The third kappa shape index (κ3) is 3.17. The molecule has 0 aromatic heterocycles. The number of hydrogen-bond donors (Lipinski definition) is 1. The Bertz CT molecular complexity index is 416. The number of benzene rings is 1. The molecule has 4 heteroatoms. The van der Waals surface area contributed by atoms with Crippen LogP contribution >= 0.6 is 23.4 Å². The number of hydrogen-bond acceptors (Lipinski definition) is 2. The lowest BCUT2D eigenvalue weighted by molar-refractivity contribution is -0.119. The SMILES string of the molecule is Cc1c(Cl)cccc1NC(=O)C1CCCSC1. The molecule has 0 spiro atoms. The van der Waals surface area contributed by atoms with E-state index in [0.717, 1.165) is 29.8 Å². The van der Waals surface area contributed by atoms with Crippen molar-refractivity contribution in [2.24, 2.45) is 5.92 Å².